The van der Waals surface area contributed by atoms with Gasteiger partial charge in [-0.1, -0.05) is 26.7 Å². The minimum atomic E-state index is -0.0128. The van der Waals surface area contributed by atoms with Crippen LogP contribution in [-0.4, -0.2) is 17.4 Å². The number of hydrogen-bond donors (Lipinski definition) is 2. The Morgan fingerprint density at radius 2 is 2.12 bits per heavy atom. The number of nitrogens with zero attached hydrogens (tertiary/aromatic N) is 1. The molecule has 2 N–H and O–H groups in total. The molecule has 1 aromatic rings. The van der Waals surface area contributed by atoms with Crippen LogP contribution in [0.1, 0.15) is 39.5 Å². The van der Waals surface area contributed by atoms with Crippen LogP contribution in [-0.2, 0) is 4.79 Å². The van der Waals surface area contributed by atoms with Gasteiger partial charge in [0.15, 0.2) is 0 Å². The maximum atomic E-state index is 11.1. The van der Waals surface area contributed by atoms with Crippen LogP contribution in [0.4, 0.5) is 11.5 Å². The van der Waals surface area contributed by atoms with Crippen molar-refractivity contribution in [3.05, 3.63) is 18.3 Å². The van der Waals surface area contributed by atoms with Crippen molar-refractivity contribution in [2.75, 3.05) is 17.2 Å². The number of carbonyl (C=O) groups is 1. The summed E-state index contributed by atoms with van der Waals surface area (Å²) >= 11 is 0. The van der Waals surface area contributed by atoms with Crippen molar-refractivity contribution in [1.29, 1.82) is 0 Å². The second-order valence-corrected chi connectivity index (χ2v) is 3.97. The number of hydrogen-bond acceptors (Lipinski definition) is 3. The molecule has 4 heteroatoms. The molecule has 0 aliphatic carbocycles. The van der Waals surface area contributed by atoms with E-state index in [9.17, 15) is 4.79 Å². The molecule has 0 radical (unpaired) electrons. The minimum Gasteiger partial charge on any atom is -0.384 e. The van der Waals surface area contributed by atoms with Crippen LogP contribution in [0.5, 0.6) is 0 Å². The fourth-order valence-electron chi connectivity index (χ4n) is 1.41. The lowest BCUT2D eigenvalue weighted by molar-refractivity contribution is -0.115. The Bertz CT molecular complexity index is 335. The molecule has 17 heavy (non-hydrogen) atoms. The summed E-state index contributed by atoms with van der Waals surface area (Å²) in [5.74, 6) is 0.595. The highest BCUT2D eigenvalue weighted by Crippen LogP contribution is 2.10. The summed E-state index contributed by atoms with van der Waals surface area (Å²) in [6.07, 6.45) is 5.85. The third kappa shape index (κ3) is 5.33. The second-order valence-electron chi connectivity index (χ2n) is 3.97. The van der Waals surface area contributed by atoms with E-state index in [0.717, 1.165) is 12.2 Å². The standard InChI is InChI=1S/C13H21N3O/c1-3-5-6-9-14-11-7-8-12(15-10-11)16-13(17)4-2/h7-8,10,14H,3-6,9H2,1-2H3,(H,15,16,17). The Kier molecular flexibility index (Phi) is 6.07. The number of anilines is 2. The van der Waals surface area contributed by atoms with Crippen LogP contribution >= 0.6 is 0 Å². The van der Waals surface area contributed by atoms with Crippen molar-refractivity contribution in [3.63, 3.8) is 0 Å². The summed E-state index contributed by atoms with van der Waals surface area (Å²) in [6.45, 7) is 4.97. The highest BCUT2D eigenvalue weighted by atomic mass is 16.1. The third-order valence-corrected chi connectivity index (χ3v) is 2.46. The monoisotopic (exact) mass is 235 g/mol. The molecule has 1 aromatic heterocycles. The maximum Gasteiger partial charge on any atom is 0.225 e. The Morgan fingerprint density at radius 1 is 1.29 bits per heavy atom. The highest BCUT2D eigenvalue weighted by Gasteiger charge is 1.99. The molecule has 0 saturated carbocycles. The van der Waals surface area contributed by atoms with Gasteiger partial charge in [-0.25, -0.2) is 4.98 Å². The van der Waals surface area contributed by atoms with Gasteiger partial charge in [-0.2, -0.15) is 0 Å². The fraction of sp³-hybridized carbons (Fsp3) is 0.538. The quantitative estimate of drug-likeness (QED) is 0.714. The van der Waals surface area contributed by atoms with Crippen LogP contribution in [0.15, 0.2) is 18.3 Å². The van der Waals surface area contributed by atoms with Gasteiger partial charge < -0.3 is 10.6 Å². The molecule has 0 unspecified atom stereocenters. The smallest absolute Gasteiger partial charge is 0.225 e. The van der Waals surface area contributed by atoms with Gasteiger partial charge in [0.1, 0.15) is 5.82 Å². The van der Waals surface area contributed by atoms with E-state index in [1.807, 2.05) is 19.1 Å². The molecule has 0 bridgehead atoms. The van der Waals surface area contributed by atoms with Crippen molar-refractivity contribution in [3.8, 4) is 0 Å². The molecule has 0 spiro atoms. The lowest BCUT2D eigenvalue weighted by atomic mass is 10.2. The molecule has 0 saturated heterocycles. The first kappa shape index (κ1) is 13.5. The van der Waals surface area contributed by atoms with Gasteiger partial charge in [0.05, 0.1) is 11.9 Å². The Labute approximate surface area is 103 Å². The third-order valence-electron chi connectivity index (χ3n) is 2.46. The molecular weight excluding hydrogens is 214 g/mol. The number of aromatic nitrogens is 1. The van der Waals surface area contributed by atoms with Crippen molar-refractivity contribution in [1.82, 2.24) is 4.98 Å². The van der Waals surface area contributed by atoms with Gasteiger partial charge in [-0.15, -0.1) is 0 Å². The molecule has 0 aromatic carbocycles. The number of carbonyl (C=O) groups excluding carboxylic acids is 1. The average molecular weight is 235 g/mol. The Morgan fingerprint density at radius 3 is 2.71 bits per heavy atom. The zero-order valence-corrected chi connectivity index (χ0v) is 10.6. The number of unbranched alkanes of at least 4 members (excludes halogenated alkanes) is 2. The molecule has 0 atom stereocenters. The topological polar surface area (TPSA) is 54.0 Å². The predicted molar refractivity (Wildman–Crippen MR) is 71.2 cm³/mol. The van der Waals surface area contributed by atoms with E-state index in [0.29, 0.717) is 12.2 Å². The van der Waals surface area contributed by atoms with E-state index in [2.05, 4.69) is 22.5 Å². The minimum absolute atomic E-state index is 0.0128. The average Bonchev–Trinajstić information content (AvgIpc) is 2.36. The van der Waals surface area contributed by atoms with Crippen molar-refractivity contribution >= 4 is 17.4 Å². The van der Waals surface area contributed by atoms with E-state index in [1.165, 1.54) is 19.3 Å². The highest BCUT2D eigenvalue weighted by molar-refractivity contribution is 5.89. The number of pyridine rings is 1. The number of nitrogens with one attached hydrogen (secondary N) is 2. The summed E-state index contributed by atoms with van der Waals surface area (Å²) < 4.78 is 0. The second kappa shape index (κ2) is 7.65. The van der Waals surface area contributed by atoms with Gasteiger partial charge >= 0.3 is 0 Å². The summed E-state index contributed by atoms with van der Waals surface area (Å²) in [5, 5.41) is 6.02. The molecule has 0 fully saturated rings. The van der Waals surface area contributed by atoms with E-state index >= 15 is 0 Å². The first-order chi connectivity index (χ1) is 8.26. The molecule has 0 aliphatic heterocycles. The maximum absolute atomic E-state index is 11.1. The molecule has 4 nitrogen and oxygen atoms in total. The predicted octanol–water partition coefficient (Wildman–Crippen LogP) is 3.03. The van der Waals surface area contributed by atoms with Crippen molar-refractivity contribution in [2.24, 2.45) is 0 Å². The van der Waals surface area contributed by atoms with E-state index in [1.54, 1.807) is 6.20 Å². The molecular formula is C13H21N3O. The summed E-state index contributed by atoms with van der Waals surface area (Å²) in [4.78, 5) is 15.3. The van der Waals surface area contributed by atoms with Crippen LogP contribution < -0.4 is 10.6 Å². The van der Waals surface area contributed by atoms with Crippen LogP contribution in [0.2, 0.25) is 0 Å². The Balaban J connectivity index is 2.36. The lowest BCUT2D eigenvalue weighted by Gasteiger charge is -2.07. The van der Waals surface area contributed by atoms with E-state index in [-0.39, 0.29) is 5.91 Å². The first-order valence-electron chi connectivity index (χ1n) is 6.26. The van der Waals surface area contributed by atoms with Gasteiger partial charge in [-0.05, 0) is 18.6 Å². The molecule has 1 rings (SSSR count). The zero-order chi connectivity index (χ0) is 12.5. The first-order valence-corrected chi connectivity index (χ1v) is 6.26. The lowest BCUT2D eigenvalue weighted by Crippen LogP contribution is -2.10. The molecule has 94 valence electrons. The number of amides is 1. The van der Waals surface area contributed by atoms with Crippen molar-refractivity contribution < 1.29 is 4.79 Å². The van der Waals surface area contributed by atoms with Crippen molar-refractivity contribution in [2.45, 2.75) is 39.5 Å². The summed E-state index contributed by atoms with van der Waals surface area (Å²) in [6, 6.07) is 3.75. The normalized spacial score (nSPS) is 10.0. The zero-order valence-electron chi connectivity index (χ0n) is 10.6. The molecule has 1 heterocycles. The van der Waals surface area contributed by atoms with Gasteiger partial charge in [0.25, 0.3) is 0 Å². The van der Waals surface area contributed by atoms with Gasteiger partial charge in [-0.3, -0.25) is 4.79 Å². The summed E-state index contributed by atoms with van der Waals surface area (Å²) in [5.41, 5.74) is 0.996. The summed E-state index contributed by atoms with van der Waals surface area (Å²) in [7, 11) is 0. The molecule has 0 aliphatic rings. The fourth-order valence-corrected chi connectivity index (χ4v) is 1.41. The van der Waals surface area contributed by atoms with Gasteiger partial charge in [0.2, 0.25) is 5.91 Å². The van der Waals surface area contributed by atoms with E-state index < -0.39 is 0 Å². The van der Waals surface area contributed by atoms with Crippen LogP contribution in [0.25, 0.3) is 0 Å². The van der Waals surface area contributed by atoms with Crippen LogP contribution in [0.3, 0.4) is 0 Å². The van der Waals surface area contributed by atoms with Gasteiger partial charge in [0, 0.05) is 13.0 Å². The SMILES string of the molecule is CCCCCNc1ccc(NC(=O)CC)nc1. The largest absolute Gasteiger partial charge is 0.384 e. The van der Waals surface area contributed by atoms with E-state index in [4.69, 9.17) is 0 Å². The Hall–Kier alpha value is -1.58. The van der Waals surface area contributed by atoms with Crippen LogP contribution in [0, 0.1) is 0 Å². The number of rotatable bonds is 7. The molecule has 1 amide bonds.